The van der Waals surface area contributed by atoms with Gasteiger partial charge in [0.2, 0.25) is 5.72 Å². The fourth-order valence-corrected chi connectivity index (χ4v) is 4.76. The molecule has 0 unspecified atom stereocenters. The Balaban J connectivity index is 1.58. The number of piperidine rings is 1. The minimum atomic E-state index is -0.444. The number of hydrazone groups is 1. The van der Waals surface area contributed by atoms with Crippen LogP contribution in [0.3, 0.4) is 0 Å². The van der Waals surface area contributed by atoms with Crippen LogP contribution in [0.15, 0.2) is 41.5 Å². The molecule has 0 saturated carbocycles. The van der Waals surface area contributed by atoms with Crippen LogP contribution in [-0.2, 0) is 0 Å². The van der Waals surface area contributed by atoms with E-state index in [0.29, 0.717) is 10.8 Å². The molecule has 7 heteroatoms. The Morgan fingerprint density at radius 2 is 2.00 bits per heavy atom. The molecule has 3 aliphatic heterocycles. The molecule has 5 rings (SSSR count). The first-order valence-corrected chi connectivity index (χ1v) is 10.3. The third kappa shape index (κ3) is 3.02. The summed E-state index contributed by atoms with van der Waals surface area (Å²) in [5.74, 6) is 1.48. The first kappa shape index (κ1) is 18.6. The Labute approximate surface area is 175 Å². The Bertz CT molecular complexity index is 985. The lowest BCUT2D eigenvalue weighted by atomic mass is 9.91. The first-order valence-electron chi connectivity index (χ1n) is 9.90. The lowest BCUT2D eigenvalue weighted by Crippen LogP contribution is -2.58. The Morgan fingerprint density at radius 3 is 2.76 bits per heavy atom. The van der Waals surface area contributed by atoms with E-state index in [2.05, 4.69) is 17.0 Å². The minimum Gasteiger partial charge on any atom is -0.504 e. The van der Waals surface area contributed by atoms with E-state index in [9.17, 15) is 5.11 Å². The van der Waals surface area contributed by atoms with Crippen LogP contribution in [0.1, 0.15) is 36.4 Å². The van der Waals surface area contributed by atoms with Crippen LogP contribution in [0, 0.1) is 0 Å². The Morgan fingerprint density at radius 1 is 1.21 bits per heavy atom. The molecule has 0 radical (unpaired) electrons. The third-order valence-corrected chi connectivity index (χ3v) is 6.48. The molecule has 29 heavy (non-hydrogen) atoms. The second kappa shape index (κ2) is 6.82. The van der Waals surface area contributed by atoms with E-state index in [0.717, 1.165) is 54.9 Å². The molecule has 2 aromatic rings. The van der Waals surface area contributed by atoms with Crippen LogP contribution >= 0.6 is 11.6 Å². The number of rotatable bonds is 2. The molecule has 0 aliphatic carbocycles. The molecular formula is C22H24ClN3O3. The fourth-order valence-electron chi connectivity index (χ4n) is 4.58. The number of phenolic OH excluding ortho intramolecular Hbond substituents is 1. The number of aromatic hydroxyl groups is 1. The van der Waals surface area contributed by atoms with Gasteiger partial charge in [0.05, 0.1) is 18.9 Å². The molecule has 3 heterocycles. The summed E-state index contributed by atoms with van der Waals surface area (Å²) >= 11 is 6.31. The third-order valence-electron chi connectivity index (χ3n) is 6.24. The molecule has 1 fully saturated rings. The zero-order chi connectivity index (χ0) is 20.2. The molecule has 1 spiro atoms. The number of nitrogens with zero attached hydrogens (tertiary/aromatic N) is 3. The van der Waals surface area contributed by atoms with Gasteiger partial charge in [-0.1, -0.05) is 11.6 Å². The number of likely N-dealkylation sites (tertiary alicyclic amines) is 1. The van der Waals surface area contributed by atoms with Gasteiger partial charge in [-0.15, -0.1) is 0 Å². The van der Waals surface area contributed by atoms with Gasteiger partial charge >= 0.3 is 0 Å². The van der Waals surface area contributed by atoms with E-state index in [1.54, 1.807) is 13.2 Å². The fraction of sp³-hybridized carbons (Fsp3) is 0.409. The van der Waals surface area contributed by atoms with Crippen LogP contribution in [0.2, 0.25) is 5.02 Å². The second-order valence-electron chi connectivity index (χ2n) is 8.03. The minimum absolute atomic E-state index is 0.0793. The number of methoxy groups -OCH3 is 1. The summed E-state index contributed by atoms with van der Waals surface area (Å²) in [6.45, 7) is 1.92. The molecule has 1 N–H and O–H groups in total. The smallest absolute Gasteiger partial charge is 0.200 e. The zero-order valence-electron chi connectivity index (χ0n) is 16.6. The van der Waals surface area contributed by atoms with Crippen LogP contribution in [-0.4, -0.2) is 53.7 Å². The summed E-state index contributed by atoms with van der Waals surface area (Å²) in [6, 6.07) is 11.3. The van der Waals surface area contributed by atoms with Crippen LogP contribution in [0.25, 0.3) is 0 Å². The molecule has 2 aromatic carbocycles. The van der Waals surface area contributed by atoms with Crippen molar-refractivity contribution in [2.24, 2.45) is 5.10 Å². The number of halogens is 1. The molecule has 0 bridgehead atoms. The van der Waals surface area contributed by atoms with E-state index < -0.39 is 5.72 Å². The highest BCUT2D eigenvalue weighted by atomic mass is 35.5. The number of hydrogen-bond donors (Lipinski definition) is 1. The molecule has 152 valence electrons. The standard InChI is InChI=1S/C22H24ClN3O3/c1-25-9-7-22(8-10-25)26-18(16-12-15(23)4-6-20(16)29-22)13-17(24-26)14-3-5-19(27)21(11-14)28-2/h3-6,11-12,18,27H,7-10,13H2,1-2H3/t18-/m0/s1. The summed E-state index contributed by atoms with van der Waals surface area (Å²) < 4.78 is 11.9. The van der Waals surface area contributed by atoms with Crippen molar-refractivity contribution in [3.63, 3.8) is 0 Å². The average molecular weight is 414 g/mol. The highest BCUT2D eigenvalue weighted by Crippen LogP contribution is 2.50. The highest BCUT2D eigenvalue weighted by molar-refractivity contribution is 6.30. The Kier molecular flexibility index (Phi) is 4.37. The van der Waals surface area contributed by atoms with Crippen molar-refractivity contribution in [2.45, 2.75) is 31.0 Å². The molecule has 1 saturated heterocycles. The monoisotopic (exact) mass is 413 g/mol. The van der Waals surface area contributed by atoms with Gasteiger partial charge in [-0.25, -0.2) is 5.01 Å². The molecule has 3 aliphatic rings. The van der Waals surface area contributed by atoms with Gasteiger partial charge in [0.1, 0.15) is 5.75 Å². The molecular weight excluding hydrogens is 390 g/mol. The summed E-state index contributed by atoms with van der Waals surface area (Å²) in [5, 5.41) is 17.9. The summed E-state index contributed by atoms with van der Waals surface area (Å²) in [7, 11) is 3.69. The number of fused-ring (bicyclic) bond motifs is 4. The maximum absolute atomic E-state index is 9.95. The van der Waals surface area contributed by atoms with E-state index in [1.807, 2.05) is 30.3 Å². The lowest BCUT2D eigenvalue weighted by Gasteiger charge is -2.50. The van der Waals surface area contributed by atoms with Crippen molar-refractivity contribution in [2.75, 3.05) is 27.2 Å². The Hall–Kier alpha value is -2.44. The van der Waals surface area contributed by atoms with E-state index in [1.165, 1.54) is 0 Å². The lowest BCUT2D eigenvalue weighted by molar-refractivity contribution is -0.147. The maximum Gasteiger partial charge on any atom is 0.200 e. The topological polar surface area (TPSA) is 57.5 Å². The van der Waals surface area contributed by atoms with E-state index in [-0.39, 0.29) is 11.8 Å². The molecule has 0 aromatic heterocycles. The van der Waals surface area contributed by atoms with Crippen molar-refractivity contribution in [3.05, 3.63) is 52.5 Å². The second-order valence-corrected chi connectivity index (χ2v) is 8.47. The molecule has 1 atom stereocenters. The first-order chi connectivity index (χ1) is 14.0. The van der Waals surface area contributed by atoms with Gasteiger partial charge in [-0.05, 0) is 43.4 Å². The van der Waals surface area contributed by atoms with Crippen molar-refractivity contribution in [1.82, 2.24) is 9.91 Å². The summed E-state index contributed by atoms with van der Waals surface area (Å²) in [6.07, 6.45) is 2.53. The van der Waals surface area contributed by atoms with E-state index in [4.69, 9.17) is 26.2 Å². The number of hydrogen-bond acceptors (Lipinski definition) is 6. The summed E-state index contributed by atoms with van der Waals surface area (Å²) in [4.78, 5) is 2.33. The largest absolute Gasteiger partial charge is 0.504 e. The van der Waals surface area contributed by atoms with E-state index >= 15 is 0 Å². The van der Waals surface area contributed by atoms with Crippen molar-refractivity contribution < 1.29 is 14.6 Å². The van der Waals surface area contributed by atoms with Gasteiger partial charge in [0, 0.05) is 48.5 Å². The van der Waals surface area contributed by atoms with Gasteiger partial charge < -0.3 is 19.5 Å². The normalized spacial score (nSPS) is 22.7. The van der Waals surface area contributed by atoms with Gasteiger partial charge in [-0.2, -0.15) is 5.10 Å². The maximum atomic E-state index is 9.95. The number of ether oxygens (including phenoxy) is 2. The van der Waals surface area contributed by atoms with Gasteiger partial charge in [0.15, 0.2) is 11.5 Å². The van der Waals surface area contributed by atoms with Crippen molar-refractivity contribution in [3.8, 4) is 17.2 Å². The average Bonchev–Trinajstić information content (AvgIpc) is 3.18. The zero-order valence-corrected chi connectivity index (χ0v) is 17.3. The van der Waals surface area contributed by atoms with Crippen LogP contribution in [0.5, 0.6) is 17.2 Å². The SMILES string of the molecule is COc1cc(C2=NN3[C@@H](C2)c2cc(Cl)ccc2OC32CCN(C)CC2)ccc1O. The quantitative estimate of drug-likeness (QED) is 0.805. The van der Waals surface area contributed by atoms with Gasteiger partial charge in [-0.3, -0.25) is 0 Å². The summed E-state index contributed by atoms with van der Waals surface area (Å²) in [5.41, 5.74) is 2.54. The predicted molar refractivity (Wildman–Crippen MR) is 112 cm³/mol. The van der Waals surface area contributed by atoms with Crippen LogP contribution in [0.4, 0.5) is 0 Å². The highest BCUT2D eigenvalue weighted by Gasteiger charge is 2.51. The van der Waals surface area contributed by atoms with Gasteiger partial charge in [0.25, 0.3) is 0 Å². The van der Waals surface area contributed by atoms with Crippen molar-refractivity contribution >= 4 is 17.3 Å². The molecule has 6 nitrogen and oxygen atoms in total. The van der Waals surface area contributed by atoms with Crippen LogP contribution < -0.4 is 9.47 Å². The number of phenols is 1. The van der Waals surface area contributed by atoms with Crippen molar-refractivity contribution in [1.29, 1.82) is 0 Å². The number of benzene rings is 2. The predicted octanol–water partition coefficient (Wildman–Crippen LogP) is 4.02. The molecule has 0 amide bonds.